The van der Waals surface area contributed by atoms with Crippen molar-refractivity contribution in [1.29, 1.82) is 0 Å². The van der Waals surface area contributed by atoms with Crippen molar-refractivity contribution in [2.45, 2.75) is 57.1 Å². The number of allylic oxidation sites excluding steroid dienone is 1. The zero-order valence-electron chi connectivity index (χ0n) is 25.7. The Morgan fingerprint density at radius 1 is 1.13 bits per heavy atom. The standard InChI is InChI=1S/C33H36F3N3O7/c1-5-39(15(2)16-9-7-6-8-10-16)14-18-13-21(40)23-19(25(18)33(34,35)36)11-17-12-20-26(38(3)4)28(42)24(31(37)45)30(44)32(20,46)29(43)22(17)27(23)41/h6-10,13,15,17,20,26,40,42-43,46H,5,11-12,14H2,1-4H3,(H2,37,45)/t15?,17-,20-,26-,32-/m0/s1. The highest BCUT2D eigenvalue weighted by molar-refractivity contribution is 6.24. The van der Waals surface area contributed by atoms with Crippen molar-refractivity contribution < 1.29 is 48.0 Å². The number of likely N-dealkylation sites (N-methyl/N-ethyl adjacent to an activating group) is 1. The first kappa shape index (κ1) is 33.2. The van der Waals surface area contributed by atoms with E-state index in [0.29, 0.717) is 6.54 Å². The Balaban J connectivity index is 1.67. The summed E-state index contributed by atoms with van der Waals surface area (Å²) >= 11 is 0. The van der Waals surface area contributed by atoms with Crippen LogP contribution in [0.25, 0.3) is 0 Å². The zero-order valence-corrected chi connectivity index (χ0v) is 25.7. The minimum Gasteiger partial charge on any atom is -0.510 e. The average Bonchev–Trinajstić information content (AvgIpc) is 2.96. The number of benzene rings is 2. The molecule has 0 spiro atoms. The highest BCUT2D eigenvalue weighted by Gasteiger charge is 2.63. The van der Waals surface area contributed by atoms with Crippen LogP contribution in [0.1, 0.15) is 58.9 Å². The topological polar surface area (TPSA) is 165 Å². The van der Waals surface area contributed by atoms with Crippen LogP contribution in [-0.4, -0.2) is 80.0 Å². The number of Topliss-reactive ketones (excluding diaryl/α,β-unsaturated/α-hetero) is 2. The van der Waals surface area contributed by atoms with E-state index in [1.54, 1.807) is 11.8 Å². The molecule has 0 heterocycles. The predicted molar refractivity (Wildman–Crippen MR) is 160 cm³/mol. The second kappa shape index (κ2) is 11.6. The minimum absolute atomic E-state index is 0.205. The molecule has 46 heavy (non-hydrogen) atoms. The Labute approximate surface area is 263 Å². The Morgan fingerprint density at radius 3 is 2.30 bits per heavy atom. The number of hydrogen-bond acceptors (Lipinski definition) is 9. The average molecular weight is 644 g/mol. The first-order valence-electron chi connectivity index (χ1n) is 14.8. The molecule has 2 aromatic carbocycles. The van der Waals surface area contributed by atoms with Crippen LogP contribution in [0.3, 0.4) is 0 Å². The molecule has 3 aliphatic rings. The number of rotatable bonds is 7. The lowest BCUT2D eigenvalue weighted by Gasteiger charge is -2.50. The normalized spacial score (nSPS) is 25.5. The number of nitrogens with zero attached hydrogens (tertiary/aromatic N) is 2. The molecule has 0 aromatic heterocycles. The number of phenolic OH excluding ortho intramolecular Hbond substituents is 1. The molecule has 2 aromatic rings. The molecule has 5 rings (SSSR count). The summed E-state index contributed by atoms with van der Waals surface area (Å²) in [6.45, 7) is 3.83. The molecule has 0 aliphatic heterocycles. The monoisotopic (exact) mass is 643 g/mol. The highest BCUT2D eigenvalue weighted by atomic mass is 19.4. The number of carbonyl (C=O) groups excluding carboxylic acids is 3. The van der Waals surface area contributed by atoms with Crippen LogP contribution >= 0.6 is 0 Å². The summed E-state index contributed by atoms with van der Waals surface area (Å²) in [6.07, 6.45) is -5.73. The number of aliphatic hydroxyl groups is 3. The lowest BCUT2D eigenvalue weighted by molar-refractivity contribution is -0.148. The summed E-state index contributed by atoms with van der Waals surface area (Å²) in [5, 5.41) is 45.1. The molecule has 0 radical (unpaired) electrons. The van der Waals surface area contributed by atoms with Gasteiger partial charge in [-0.1, -0.05) is 37.3 Å². The van der Waals surface area contributed by atoms with E-state index >= 15 is 0 Å². The third-order valence-electron chi connectivity index (χ3n) is 9.70. The number of fused-ring (bicyclic) bond motifs is 3. The van der Waals surface area contributed by atoms with Gasteiger partial charge in [0.25, 0.3) is 5.91 Å². The molecular weight excluding hydrogens is 607 g/mol. The van der Waals surface area contributed by atoms with Gasteiger partial charge in [-0.2, -0.15) is 13.2 Å². The van der Waals surface area contributed by atoms with E-state index in [9.17, 15) is 48.0 Å². The predicted octanol–water partition coefficient (Wildman–Crippen LogP) is 3.72. The SMILES string of the molecule is CCN(Cc1cc(O)c2c(c1C(F)(F)F)C[C@H]1C[C@H]3[C@H](N(C)C)C(O)=C(C(N)=O)C(=O)[C@@]3(O)C(O)=C1C2=O)C(C)c1ccccc1. The van der Waals surface area contributed by atoms with E-state index in [4.69, 9.17) is 5.73 Å². The number of aromatic hydroxyl groups is 1. The fourth-order valence-corrected chi connectivity index (χ4v) is 7.55. The largest absolute Gasteiger partial charge is 0.510 e. The van der Waals surface area contributed by atoms with Crippen LogP contribution in [0.5, 0.6) is 5.75 Å². The Hall–Kier alpha value is -4.20. The molecule has 1 unspecified atom stereocenters. The number of amides is 1. The molecule has 3 aliphatic carbocycles. The molecule has 246 valence electrons. The van der Waals surface area contributed by atoms with Gasteiger partial charge in [0.1, 0.15) is 22.8 Å². The Bertz CT molecular complexity index is 1690. The summed E-state index contributed by atoms with van der Waals surface area (Å²) < 4.78 is 44.8. The van der Waals surface area contributed by atoms with Gasteiger partial charge >= 0.3 is 6.18 Å². The van der Waals surface area contributed by atoms with Crippen molar-refractivity contribution in [1.82, 2.24) is 9.80 Å². The van der Waals surface area contributed by atoms with Gasteiger partial charge in [0.15, 0.2) is 11.4 Å². The maximum Gasteiger partial charge on any atom is 0.417 e. The summed E-state index contributed by atoms with van der Waals surface area (Å²) in [7, 11) is 2.94. The van der Waals surface area contributed by atoms with Crippen LogP contribution in [0.4, 0.5) is 13.2 Å². The molecule has 0 bridgehead atoms. The van der Waals surface area contributed by atoms with Crippen LogP contribution in [0.15, 0.2) is 59.1 Å². The summed E-state index contributed by atoms with van der Waals surface area (Å²) in [4.78, 5) is 42.7. The number of alkyl halides is 3. The fourth-order valence-electron chi connectivity index (χ4n) is 7.55. The highest BCUT2D eigenvalue weighted by Crippen LogP contribution is 2.54. The third-order valence-corrected chi connectivity index (χ3v) is 9.70. The van der Waals surface area contributed by atoms with E-state index in [1.165, 1.54) is 19.0 Å². The molecular formula is C33H36F3N3O7. The van der Waals surface area contributed by atoms with E-state index in [1.807, 2.05) is 37.3 Å². The number of ketones is 2. The number of hydrogen-bond donors (Lipinski definition) is 5. The van der Waals surface area contributed by atoms with Crippen LogP contribution in [-0.2, 0) is 28.7 Å². The first-order valence-corrected chi connectivity index (χ1v) is 14.8. The van der Waals surface area contributed by atoms with Crippen molar-refractivity contribution in [3.63, 3.8) is 0 Å². The van der Waals surface area contributed by atoms with E-state index < -0.39 is 98.7 Å². The molecule has 0 saturated carbocycles. The fraction of sp³-hybridized carbons (Fsp3) is 0.424. The number of carbonyl (C=O) groups is 3. The van der Waals surface area contributed by atoms with Crippen molar-refractivity contribution in [3.8, 4) is 5.75 Å². The molecule has 10 nitrogen and oxygen atoms in total. The van der Waals surface area contributed by atoms with Gasteiger partial charge < -0.3 is 26.2 Å². The summed E-state index contributed by atoms with van der Waals surface area (Å²) in [5.74, 6) is -9.11. The second-order valence-corrected chi connectivity index (χ2v) is 12.4. The lowest BCUT2D eigenvalue weighted by atomic mass is 9.58. The molecule has 1 amide bonds. The molecule has 13 heteroatoms. The van der Waals surface area contributed by atoms with Gasteiger partial charge in [-0.15, -0.1) is 0 Å². The van der Waals surface area contributed by atoms with Gasteiger partial charge in [-0.25, -0.2) is 0 Å². The number of aliphatic hydroxyl groups excluding tert-OH is 2. The Morgan fingerprint density at radius 2 is 1.76 bits per heavy atom. The second-order valence-electron chi connectivity index (χ2n) is 12.4. The first-order chi connectivity index (χ1) is 21.5. The van der Waals surface area contributed by atoms with Crippen molar-refractivity contribution in [2.24, 2.45) is 17.6 Å². The van der Waals surface area contributed by atoms with E-state index in [2.05, 4.69) is 0 Å². The molecule has 0 fully saturated rings. The van der Waals surface area contributed by atoms with Crippen LogP contribution in [0.2, 0.25) is 0 Å². The maximum atomic E-state index is 14.9. The van der Waals surface area contributed by atoms with Crippen LogP contribution < -0.4 is 5.73 Å². The van der Waals surface area contributed by atoms with E-state index in [-0.39, 0.29) is 24.6 Å². The summed E-state index contributed by atoms with van der Waals surface area (Å²) in [6, 6.07) is 8.57. The number of phenols is 1. The Kier molecular flexibility index (Phi) is 8.33. The maximum absolute atomic E-state index is 14.9. The summed E-state index contributed by atoms with van der Waals surface area (Å²) in [5.41, 5.74) is -0.620. The van der Waals surface area contributed by atoms with Crippen molar-refractivity contribution >= 4 is 17.5 Å². The smallest absolute Gasteiger partial charge is 0.417 e. The molecule has 0 saturated heterocycles. The van der Waals surface area contributed by atoms with Crippen LogP contribution in [0, 0.1) is 11.8 Å². The third kappa shape index (κ3) is 4.97. The molecule has 6 N–H and O–H groups in total. The molecule has 5 atom stereocenters. The quantitative estimate of drug-likeness (QED) is 0.283. The number of nitrogens with two attached hydrogens (primary N) is 1. The van der Waals surface area contributed by atoms with Gasteiger partial charge in [-0.3, -0.25) is 24.2 Å². The van der Waals surface area contributed by atoms with Crippen molar-refractivity contribution in [3.05, 3.63) is 86.9 Å². The van der Waals surface area contributed by atoms with Gasteiger partial charge in [0.2, 0.25) is 5.78 Å². The van der Waals surface area contributed by atoms with Gasteiger partial charge in [0, 0.05) is 24.1 Å². The lowest BCUT2D eigenvalue weighted by Crippen LogP contribution is -2.63. The number of primary amides is 1. The van der Waals surface area contributed by atoms with E-state index in [0.717, 1.165) is 11.6 Å². The van der Waals surface area contributed by atoms with Gasteiger partial charge in [-0.05, 0) is 69.1 Å². The van der Waals surface area contributed by atoms with Gasteiger partial charge in [0.05, 0.1) is 17.2 Å². The number of halogens is 3. The minimum atomic E-state index is -4.94. The van der Waals surface area contributed by atoms with Crippen molar-refractivity contribution in [2.75, 3.05) is 20.6 Å². The zero-order chi connectivity index (χ0) is 34.0.